The van der Waals surface area contributed by atoms with Crippen LogP contribution < -0.4 is 0 Å². The van der Waals surface area contributed by atoms with Crippen molar-refractivity contribution in [1.82, 2.24) is 0 Å². The van der Waals surface area contributed by atoms with E-state index in [0.29, 0.717) is 12.2 Å². The van der Waals surface area contributed by atoms with Crippen LogP contribution in [-0.4, -0.2) is 23.2 Å². The number of hydrogen-bond acceptors (Lipinski definition) is 4. The van der Waals surface area contributed by atoms with Crippen LogP contribution in [0.4, 0.5) is 0 Å². The molecule has 1 heterocycles. The Morgan fingerprint density at radius 3 is 2.86 bits per heavy atom. The first-order chi connectivity index (χ1) is 6.63. The number of aliphatic imine (C=N–C) groups is 1. The van der Waals surface area contributed by atoms with Crippen molar-refractivity contribution < 1.29 is 14.9 Å². The number of phenolic OH excluding ortho intramolecular Hbond substituents is 2. The van der Waals surface area contributed by atoms with Crippen LogP contribution in [-0.2, 0) is 10.3 Å². The molecule has 1 aromatic carbocycles. The highest BCUT2D eigenvalue weighted by Crippen LogP contribution is 2.39. The van der Waals surface area contributed by atoms with Gasteiger partial charge in [-0.05, 0) is 13.0 Å². The van der Waals surface area contributed by atoms with Crippen LogP contribution in [0.25, 0.3) is 0 Å². The zero-order chi connectivity index (χ0) is 10.2. The first-order valence-corrected chi connectivity index (χ1v) is 4.30. The molecule has 2 N–H and O–H groups in total. The van der Waals surface area contributed by atoms with Crippen molar-refractivity contribution in [3.63, 3.8) is 0 Å². The van der Waals surface area contributed by atoms with Crippen LogP contribution in [0.3, 0.4) is 0 Å². The first kappa shape index (κ1) is 8.87. The van der Waals surface area contributed by atoms with E-state index in [9.17, 15) is 10.2 Å². The molecular formula is C10H11NO3. The van der Waals surface area contributed by atoms with E-state index < -0.39 is 5.54 Å². The maximum Gasteiger partial charge on any atom is 0.170 e. The fourth-order valence-electron chi connectivity index (χ4n) is 1.50. The number of nitrogens with zero attached hydrogens (tertiary/aromatic N) is 1. The van der Waals surface area contributed by atoms with Gasteiger partial charge < -0.3 is 14.9 Å². The Bertz CT molecular complexity index is 389. The fourth-order valence-corrected chi connectivity index (χ4v) is 1.50. The monoisotopic (exact) mass is 193 g/mol. The van der Waals surface area contributed by atoms with Crippen molar-refractivity contribution in [2.45, 2.75) is 12.5 Å². The third-order valence-corrected chi connectivity index (χ3v) is 2.37. The summed E-state index contributed by atoms with van der Waals surface area (Å²) in [5.74, 6) is -0.261. The molecule has 0 saturated carbocycles. The number of hydrogen-bond donors (Lipinski definition) is 2. The molecule has 1 atom stereocenters. The van der Waals surface area contributed by atoms with Crippen LogP contribution in [0, 0.1) is 0 Å². The maximum absolute atomic E-state index is 9.64. The minimum Gasteiger partial charge on any atom is -0.504 e. The lowest BCUT2D eigenvalue weighted by atomic mass is 9.93. The smallest absolute Gasteiger partial charge is 0.170 e. The number of phenols is 2. The maximum atomic E-state index is 9.64. The Morgan fingerprint density at radius 2 is 2.21 bits per heavy atom. The number of aromatic hydroxyl groups is 2. The SMILES string of the molecule is CC1(c2cccc(O)c2O)COC=N1. The van der Waals surface area contributed by atoms with Crippen molar-refractivity contribution in [1.29, 1.82) is 0 Å². The molecule has 1 aromatic rings. The van der Waals surface area contributed by atoms with Crippen molar-refractivity contribution in [2.24, 2.45) is 4.99 Å². The summed E-state index contributed by atoms with van der Waals surface area (Å²) >= 11 is 0. The largest absolute Gasteiger partial charge is 0.504 e. The van der Waals surface area contributed by atoms with Crippen LogP contribution >= 0.6 is 0 Å². The Morgan fingerprint density at radius 1 is 1.43 bits per heavy atom. The summed E-state index contributed by atoms with van der Waals surface area (Å²) in [6.45, 7) is 2.22. The molecule has 0 amide bonds. The molecule has 74 valence electrons. The molecule has 4 nitrogen and oxygen atoms in total. The quantitative estimate of drug-likeness (QED) is 0.662. The molecule has 0 aliphatic carbocycles. The van der Waals surface area contributed by atoms with Gasteiger partial charge in [0.15, 0.2) is 17.9 Å². The zero-order valence-corrected chi connectivity index (χ0v) is 7.77. The Labute approximate surface area is 81.5 Å². The van der Waals surface area contributed by atoms with Gasteiger partial charge in [0.1, 0.15) is 12.1 Å². The second-order valence-electron chi connectivity index (χ2n) is 3.49. The summed E-state index contributed by atoms with van der Waals surface area (Å²) in [4.78, 5) is 4.12. The van der Waals surface area contributed by atoms with Gasteiger partial charge in [-0.1, -0.05) is 12.1 Å². The van der Waals surface area contributed by atoms with Gasteiger partial charge in [0.05, 0.1) is 0 Å². The molecule has 0 fully saturated rings. The molecule has 0 bridgehead atoms. The molecule has 2 rings (SSSR count). The summed E-state index contributed by atoms with van der Waals surface area (Å²) in [7, 11) is 0. The Kier molecular flexibility index (Phi) is 1.84. The lowest BCUT2D eigenvalue weighted by Crippen LogP contribution is -2.20. The van der Waals surface area contributed by atoms with E-state index in [0.717, 1.165) is 0 Å². The van der Waals surface area contributed by atoms with E-state index in [2.05, 4.69) is 4.99 Å². The average molecular weight is 193 g/mol. The predicted molar refractivity (Wildman–Crippen MR) is 51.6 cm³/mol. The molecule has 0 saturated heterocycles. The minimum atomic E-state index is -0.594. The van der Waals surface area contributed by atoms with Crippen LogP contribution in [0.1, 0.15) is 12.5 Å². The van der Waals surface area contributed by atoms with E-state index in [1.165, 1.54) is 12.5 Å². The third kappa shape index (κ3) is 1.19. The van der Waals surface area contributed by atoms with E-state index in [1.54, 1.807) is 12.1 Å². The molecular weight excluding hydrogens is 182 g/mol. The second kappa shape index (κ2) is 2.90. The predicted octanol–water partition coefficient (Wildman–Crippen LogP) is 1.37. The average Bonchev–Trinajstić information content (AvgIpc) is 2.58. The molecule has 0 radical (unpaired) electrons. The lowest BCUT2D eigenvalue weighted by molar-refractivity contribution is 0.270. The van der Waals surface area contributed by atoms with Gasteiger partial charge in [-0.3, -0.25) is 0 Å². The standard InChI is InChI=1S/C10H11NO3/c1-10(5-14-6-11-10)7-3-2-4-8(12)9(7)13/h2-4,6,12-13H,5H2,1H3. The first-order valence-electron chi connectivity index (χ1n) is 4.30. The summed E-state index contributed by atoms with van der Waals surface area (Å²) in [5.41, 5.74) is -0.0192. The van der Waals surface area contributed by atoms with Crippen molar-refractivity contribution in [2.75, 3.05) is 6.61 Å². The summed E-state index contributed by atoms with van der Waals surface area (Å²) < 4.78 is 5.02. The Hall–Kier alpha value is -1.71. The number of benzene rings is 1. The molecule has 4 heteroatoms. The topological polar surface area (TPSA) is 62.0 Å². The van der Waals surface area contributed by atoms with Gasteiger partial charge in [0.2, 0.25) is 0 Å². The van der Waals surface area contributed by atoms with Gasteiger partial charge in [0.25, 0.3) is 0 Å². The molecule has 1 unspecified atom stereocenters. The highest BCUT2D eigenvalue weighted by atomic mass is 16.5. The van der Waals surface area contributed by atoms with Gasteiger partial charge in [-0.2, -0.15) is 0 Å². The molecule has 0 spiro atoms. The van der Waals surface area contributed by atoms with Crippen molar-refractivity contribution in [3.05, 3.63) is 23.8 Å². The van der Waals surface area contributed by atoms with E-state index in [1.807, 2.05) is 6.92 Å². The molecule has 1 aliphatic heterocycles. The number of rotatable bonds is 1. The third-order valence-electron chi connectivity index (χ3n) is 2.37. The highest BCUT2D eigenvalue weighted by molar-refractivity contribution is 5.55. The van der Waals surface area contributed by atoms with E-state index in [4.69, 9.17) is 4.74 Å². The van der Waals surface area contributed by atoms with Gasteiger partial charge >= 0.3 is 0 Å². The zero-order valence-electron chi connectivity index (χ0n) is 7.77. The molecule has 1 aliphatic rings. The minimum absolute atomic E-state index is 0.127. The normalized spacial score (nSPS) is 24.9. The second-order valence-corrected chi connectivity index (χ2v) is 3.49. The van der Waals surface area contributed by atoms with Crippen molar-refractivity contribution >= 4 is 6.40 Å². The number of para-hydroxylation sites is 1. The van der Waals surface area contributed by atoms with Crippen LogP contribution in [0.2, 0.25) is 0 Å². The van der Waals surface area contributed by atoms with Gasteiger partial charge in [-0.15, -0.1) is 0 Å². The summed E-state index contributed by atoms with van der Waals surface area (Å²) in [6.07, 6.45) is 1.36. The van der Waals surface area contributed by atoms with Crippen molar-refractivity contribution in [3.8, 4) is 11.5 Å². The lowest BCUT2D eigenvalue weighted by Gasteiger charge is -2.20. The van der Waals surface area contributed by atoms with Gasteiger partial charge in [-0.25, -0.2) is 4.99 Å². The Balaban J connectivity index is 2.51. The molecule has 0 aromatic heterocycles. The number of ether oxygens (including phenoxy) is 1. The fraction of sp³-hybridized carbons (Fsp3) is 0.300. The van der Waals surface area contributed by atoms with E-state index >= 15 is 0 Å². The highest BCUT2D eigenvalue weighted by Gasteiger charge is 2.33. The summed E-state index contributed by atoms with van der Waals surface area (Å²) in [6, 6.07) is 4.83. The van der Waals surface area contributed by atoms with Crippen LogP contribution in [0.15, 0.2) is 23.2 Å². The van der Waals surface area contributed by atoms with E-state index in [-0.39, 0.29) is 11.5 Å². The van der Waals surface area contributed by atoms with Gasteiger partial charge in [0, 0.05) is 5.56 Å². The van der Waals surface area contributed by atoms with Crippen LogP contribution in [0.5, 0.6) is 11.5 Å². The molecule has 14 heavy (non-hydrogen) atoms. The summed E-state index contributed by atoms with van der Waals surface area (Å²) in [5, 5.41) is 19.0.